The van der Waals surface area contributed by atoms with Gasteiger partial charge in [-0.1, -0.05) is 55.0 Å². The Morgan fingerprint density at radius 3 is 2.12 bits per heavy atom. The zero-order valence-corrected chi connectivity index (χ0v) is 13.6. The van der Waals surface area contributed by atoms with Crippen LogP contribution in [-0.4, -0.2) is 30.1 Å². The number of carbonyl (C=O) groups excluding carboxylic acids is 2. The van der Waals surface area contributed by atoms with Gasteiger partial charge in [-0.05, 0) is 25.3 Å². The first-order valence-electron chi connectivity index (χ1n) is 8.21. The third kappa shape index (κ3) is 5.03. The quantitative estimate of drug-likeness (QED) is 0.434. The first-order valence-corrected chi connectivity index (χ1v) is 8.21. The van der Waals surface area contributed by atoms with Crippen LogP contribution in [0.15, 0.2) is 54.6 Å². The van der Waals surface area contributed by atoms with Crippen molar-refractivity contribution < 1.29 is 19.4 Å². The summed E-state index contributed by atoms with van der Waals surface area (Å²) >= 11 is 0. The summed E-state index contributed by atoms with van der Waals surface area (Å²) in [6.07, 6.45) is 3.33. The zero-order valence-electron chi connectivity index (χ0n) is 13.6. The van der Waals surface area contributed by atoms with Crippen molar-refractivity contribution in [1.82, 2.24) is 0 Å². The van der Waals surface area contributed by atoms with E-state index in [0.29, 0.717) is 23.3 Å². The maximum Gasteiger partial charge on any atom is 0.338 e. The predicted octanol–water partition coefficient (Wildman–Crippen LogP) is 3.63. The molecular formula is C20H22O4. The Bertz CT molecular complexity index is 664. The van der Waals surface area contributed by atoms with E-state index in [1.54, 1.807) is 48.5 Å². The molecule has 0 aromatic heterocycles. The van der Waals surface area contributed by atoms with Gasteiger partial charge in [0.1, 0.15) is 0 Å². The molecule has 4 heteroatoms. The highest BCUT2D eigenvalue weighted by molar-refractivity contribution is 6.14. The van der Waals surface area contributed by atoms with Crippen molar-refractivity contribution >= 4 is 11.8 Å². The second kappa shape index (κ2) is 9.63. The number of hydrogen-bond donors (Lipinski definition) is 1. The third-order valence-electron chi connectivity index (χ3n) is 3.71. The van der Waals surface area contributed by atoms with Crippen molar-refractivity contribution in [2.75, 3.05) is 13.2 Å². The molecule has 24 heavy (non-hydrogen) atoms. The molecule has 0 fully saturated rings. The highest BCUT2D eigenvalue weighted by Crippen LogP contribution is 2.16. The van der Waals surface area contributed by atoms with E-state index in [-0.39, 0.29) is 12.4 Å². The summed E-state index contributed by atoms with van der Waals surface area (Å²) in [5.74, 6) is -0.664. The van der Waals surface area contributed by atoms with Crippen LogP contribution in [0.3, 0.4) is 0 Å². The summed E-state index contributed by atoms with van der Waals surface area (Å²) in [6, 6.07) is 15.6. The van der Waals surface area contributed by atoms with Crippen LogP contribution < -0.4 is 0 Å². The van der Waals surface area contributed by atoms with E-state index in [0.717, 1.165) is 25.7 Å². The molecule has 0 bridgehead atoms. The van der Waals surface area contributed by atoms with Crippen LogP contribution in [-0.2, 0) is 4.74 Å². The van der Waals surface area contributed by atoms with Crippen LogP contribution in [0, 0.1) is 0 Å². The van der Waals surface area contributed by atoms with Crippen LogP contribution in [0.2, 0.25) is 0 Å². The molecular weight excluding hydrogens is 304 g/mol. The molecule has 4 nitrogen and oxygen atoms in total. The maximum atomic E-state index is 12.6. The molecule has 0 saturated carbocycles. The van der Waals surface area contributed by atoms with Crippen molar-refractivity contribution in [3.63, 3.8) is 0 Å². The van der Waals surface area contributed by atoms with E-state index < -0.39 is 5.97 Å². The Morgan fingerprint density at radius 1 is 0.792 bits per heavy atom. The number of hydrogen-bond acceptors (Lipinski definition) is 4. The summed E-state index contributed by atoms with van der Waals surface area (Å²) in [7, 11) is 0. The Morgan fingerprint density at radius 2 is 1.42 bits per heavy atom. The minimum absolute atomic E-state index is 0.189. The lowest BCUT2D eigenvalue weighted by molar-refractivity contribution is 0.0494. The van der Waals surface area contributed by atoms with Crippen molar-refractivity contribution in [1.29, 1.82) is 0 Å². The van der Waals surface area contributed by atoms with Gasteiger partial charge in [-0.25, -0.2) is 4.79 Å². The fourth-order valence-electron chi connectivity index (χ4n) is 2.41. The van der Waals surface area contributed by atoms with Gasteiger partial charge >= 0.3 is 5.97 Å². The third-order valence-corrected chi connectivity index (χ3v) is 3.71. The minimum Gasteiger partial charge on any atom is -0.462 e. The normalized spacial score (nSPS) is 10.4. The minimum atomic E-state index is -0.475. The van der Waals surface area contributed by atoms with Crippen molar-refractivity contribution in [2.24, 2.45) is 0 Å². The van der Waals surface area contributed by atoms with Crippen LogP contribution >= 0.6 is 0 Å². The fourth-order valence-corrected chi connectivity index (χ4v) is 2.41. The maximum absolute atomic E-state index is 12.6. The van der Waals surface area contributed by atoms with Gasteiger partial charge in [0.05, 0.1) is 12.2 Å². The number of aliphatic hydroxyl groups excluding tert-OH is 1. The molecule has 0 unspecified atom stereocenters. The highest BCUT2D eigenvalue weighted by atomic mass is 16.5. The topological polar surface area (TPSA) is 63.6 Å². The van der Waals surface area contributed by atoms with Crippen LogP contribution in [0.25, 0.3) is 0 Å². The lowest BCUT2D eigenvalue weighted by atomic mass is 9.98. The van der Waals surface area contributed by atoms with Crippen LogP contribution in [0.1, 0.15) is 52.0 Å². The molecule has 126 valence electrons. The zero-order chi connectivity index (χ0) is 17.2. The van der Waals surface area contributed by atoms with E-state index in [1.165, 1.54) is 0 Å². The summed E-state index contributed by atoms with van der Waals surface area (Å²) < 4.78 is 5.28. The summed E-state index contributed by atoms with van der Waals surface area (Å²) in [4.78, 5) is 24.9. The lowest BCUT2D eigenvalue weighted by Crippen LogP contribution is -2.13. The van der Waals surface area contributed by atoms with Gasteiger partial charge in [0.25, 0.3) is 0 Å². The molecule has 1 N–H and O–H groups in total. The summed E-state index contributed by atoms with van der Waals surface area (Å²) in [5.41, 5.74) is 1.19. The average molecular weight is 326 g/mol. The Kier molecular flexibility index (Phi) is 7.18. The molecule has 0 amide bonds. The fraction of sp³-hybridized carbons (Fsp3) is 0.300. The van der Waals surface area contributed by atoms with Crippen molar-refractivity contribution in [3.05, 3.63) is 71.3 Å². The average Bonchev–Trinajstić information content (AvgIpc) is 2.64. The number of carbonyl (C=O) groups is 2. The molecule has 0 aliphatic rings. The number of rotatable bonds is 9. The molecule has 2 rings (SSSR count). The molecule has 2 aromatic rings. The predicted molar refractivity (Wildman–Crippen MR) is 92.2 cm³/mol. The highest BCUT2D eigenvalue weighted by Gasteiger charge is 2.18. The lowest BCUT2D eigenvalue weighted by Gasteiger charge is -2.09. The van der Waals surface area contributed by atoms with E-state index in [2.05, 4.69) is 0 Å². The van der Waals surface area contributed by atoms with E-state index in [4.69, 9.17) is 9.84 Å². The van der Waals surface area contributed by atoms with Gasteiger partial charge in [-0.3, -0.25) is 4.79 Å². The van der Waals surface area contributed by atoms with Crippen molar-refractivity contribution in [3.8, 4) is 0 Å². The number of ketones is 1. The molecule has 0 radical (unpaired) electrons. The molecule has 0 heterocycles. The molecule has 0 aliphatic heterocycles. The van der Waals surface area contributed by atoms with Gasteiger partial charge in [0.15, 0.2) is 5.78 Å². The van der Waals surface area contributed by atoms with Crippen molar-refractivity contribution in [2.45, 2.75) is 25.7 Å². The molecule has 0 spiro atoms. The smallest absolute Gasteiger partial charge is 0.338 e. The summed E-state index contributed by atoms with van der Waals surface area (Å²) in [5, 5.41) is 8.72. The molecule has 0 aliphatic carbocycles. The van der Waals surface area contributed by atoms with E-state index in [9.17, 15) is 9.59 Å². The number of aliphatic hydroxyl groups is 1. The van der Waals surface area contributed by atoms with Crippen LogP contribution in [0.4, 0.5) is 0 Å². The first kappa shape index (κ1) is 17.9. The van der Waals surface area contributed by atoms with E-state index >= 15 is 0 Å². The van der Waals surface area contributed by atoms with Gasteiger partial charge in [-0.2, -0.15) is 0 Å². The number of esters is 1. The largest absolute Gasteiger partial charge is 0.462 e. The monoisotopic (exact) mass is 326 g/mol. The molecule has 0 atom stereocenters. The van der Waals surface area contributed by atoms with Gasteiger partial charge < -0.3 is 9.84 Å². The standard InChI is InChI=1S/C20H22O4/c21-14-8-1-2-9-15-24-20(23)18-13-7-6-12-17(18)19(22)16-10-4-3-5-11-16/h3-7,10-13,21H,1-2,8-9,14-15H2. The summed E-state index contributed by atoms with van der Waals surface area (Å²) in [6.45, 7) is 0.507. The Labute approximate surface area is 142 Å². The van der Waals surface area contributed by atoms with Gasteiger partial charge in [-0.15, -0.1) is 0 Å². The number of benzene rings is 2. The first-order chi connectivity index (χ1) is 11.7. The number of unbranched alkanes of at least 4 members (excludes halogenated alkanes) is 3. The van der Waals surface area contributed by atoms with Gasteiger partial charge in [0.2, 0.25) is 0 Å². The second-order valence-corrected chi connectivity index (χ2v) is 5.51. The number of ether oxygens (including phenoxy) is 1. The Balaban J connectivity index is 2.00. The molecule has 2 aromatic carbocycles. The SMILES string of the molecule is O=C(OCCCCCCO)c1ccccc1C(=O)c1ccccc1. The second-order valence-electron chi connectivity index (χ2n) is 5.51. The van der Waals surface area contributed by atoms with Gasteiger partial charge in [0, 0.05) is 17.7 Å². The van der Waals surface area contributed by atoms with E-state index in [1.807, 2.05) is 6.07 Å². The molecule has 0 saturated heterocycles. The van der Waals surface area contributed by atoms with Crippen LogP contribution in [0.5, 0.6) is 0 Å². The Hall–Kier alpha value is -2.46.